The molecule has 146 valence electrons. The van der Waals surface area contributed by atoms with Gasteiger partial charge in [-0.2, -0.15) is 0 Å². The number of nitrogens with one attached hydrogen (secondary N) is 1. The van der Waals surface area contributed by atoms with E-state index in [0.29, 0.717) is 10.9 Å². The van der Waals surface area contributed by atoms with Crippen molar-refractivity contribution in [2.45, 2.75) is 19.4 Å². The smallest absolute Gasteiger partial charge is 0.269 e. The molecule has 0 bridgehead atoms. The second-order valence-electron chi connectivity index (χ2n) is 7.66. The molecule has 0 saturated heterocycles. The lowest BCUT2D eigenvalue weighted by Gasteiger charge is -2.24. The molecule has 6 heteroatoms. The summed E-state index contributed by atoms with van der Waals surface area (Å²) in [6.07, 6.45) is 0.960. The maximum atomic E-state index is 6.10. The van der Waals surface area contributed by atoms with Crippen LogP contribution in [-0.4, -0.2) is 26.2 Å². The summed E-state index contributed by atoms with van der Waals surface area (Å²) in [7, 11) is 0. The first-order valence-electron chi connectivity index (χ1n) is 9.94. The van der Waals surface area contributed by atoms with E-state index < -0.39 is 0 Å². The summed E-state index contributed by atoms with van der Waals surface area (Å²) in [5.74, 6) is 0.664. The highest BCUT2D eigenvalue weighted by Crippen LogP contribution is 2.33. The zero-order chi connectivity index (χ0) is 20.2. The van der Waals surface area contributed by atoms with Crippen molar-refractivity contribution in [1.82, 2.24) is 15.0 Å². The molecule has 0 spiro atoms. The quantitative estimate of drug-likeness (QED) is 0.376. The molecular formula is C24H18N4OS. The van der Waals surface area contributed by atoms with Gasteiger partial charge in [-0.3, -0.25) is 4.90 Å². The first kappa shape index (κ1) is 17.4. The van der Waals surface area contributed by atoms with Gasteiger partial charge in [0.15, 0.2) is 5.65 Å². The van der Waals surface area contributed by atoms with Gasteiger partial charge in [0, 0.05) is 28.7 Å². The average Bonchev–Trinajstić information content (AvgIpc) is 3.28. The van der Waals surface area contributed by atoms with E-state index in [-0.39, 0.29) is 6.04 Å². The summed E-state index contributed by atoms with van der Waals surface area (Å²) < 4.78 is 6.10. The third kappa shape index (κ3) is 2.64. The van der Waals surface area contributed by atoms with Crippen molar-refractivity contribution >= 4 is 56.2 Å². The number of hydrogen-bond donors (Lipinski definition) is 1. The van der Waals surface area contributed by atoms with Gasteiger partial charge in [-0.1, -0.05) is 36.4 Å². The second kappa shape index (κ2) is 6.50. The highest BCUT2D eigenvalue weighted by atomic mass is 32.1. The van der Waals surface area contributed by atoms with E-state index in [0.717, 1.165) is 45.2 Å². The summed E-state index contributed by atoms with van der Waals surface area (Å²) in [5, 5.41) is 1.51. The summed E-state index contributed by atoms with van der Waals surface area (Å²) >= 11 is 5.66. The van der Waals surface area contributed by atoms with Crippen LogP contribution in [0.1, 0.15) is 12.5 Å². The molecule has 30 heavy (non-hydrogen) atoms. The molecule has 0 radical (unpaired) electrons. The Morgan fingerprint density at radius 1 is 1.03 bits per heavy atom. The van der Waals surface area contributed by atoms with Gasteiger partial charge in [0.1, 0.15) is 11.3 Å². The van der Waals surface area contributed by atoms with Gasteiger partial charge < -0.3 is 9.72 Å². The lowest BCUT2D eigenvalue weighted by Crippen LogP contribution is -2.37. The van der Waals surface area contributed by atoms with Crippen LogP contribution < -0.4 is 9.64 Å². The van der Waals surface area contributed by atoms with Crippen LogP contribution in [0.25, 0.3) is 33.1 Å². The number of aromatic amines is 1. The van der Waals surface area contributed by atoms with Crippen molar-refractivity contribution in [2.75, 3.05) is 4.90 Å². The molecule has 6 rings (SSSR count). The lowest BCUT2D eigenvalue weighted by molar-refractivity contribution is 0.539. The number of thiocarbonyl (C=S) groups is 1. The number of para-hydroxylation sites is 2. The Labute approximate surface area is 178 Å². The fourth-order valence-electron chi connectivity index (χ4n) is 4.29. The van der Waals surface area contributed by atoms with E-state index in [1.807, 2.05) is 42.5 Å². The van der Waals surface area contributed by atoms with E-state index in [1.165, 1.54) is 5.56 Å². The number of aromatic nitrogens is 3. The van der Waals surface area contributed by atoms with Crippen LogP contribution in [0.5, 0.6) is 5.75 Å². The van der Waals surface area contributed by atoms with Crippen molar-refractivity contribution in [2.24, 2.45) is 0 Å². The summed E-state index contributed by atoms with van der Waals surface area (Å²) in [6, 6.07) is 22.4. The standard InChI is InChI=1S/C24H18N4OS/c1-14-12-15-6-2-5-9-21(15)28(14)24(30)29-16-10-11-19-20(13-16)25-22-17-7-3-4-8-18(17)26-23(22)27-19/h2-11,13-14H,12H2,1H3,(H,26,27)/t14-/m0/s1. The maximum Gasteiger partial charge on any atom is 0.269 e. The zero-order valence-corrected chi connectivity index (χ0v) is 17.1. The first-order valence-corrected chi connectivity index (χ1v) is 10.4. The van der Waals surface area contributed by atoms with E-state index >= 15 is 0 Å². The van der Waals surface area contributed by atoms with Crippen molar-refractivity contribution in [3.63, 3.8) is 0 Å². The molecule has 3 aromatic carbocycles. The molecule has 1 aliphatic rings. The van der Waals surface area contributed by atoms with Crippen molar-refractivity contribution < 1.29 is 4.74 Å². The van der Waals surface area contributed by atoms with Crippen LogP contribution in [0, 0.1) is 0 Å². The van der Waals surface area contributed by atoms with Crippen LogP contribution >= 0.6 is 12.2 Å². The number of nitrogens with zero attached hydrogens (tertiary/aromatic N) is 3. The Kier molecular flexibility index (Phi) is 3.76. The Hall–Kier alpha value is -3.51. The summed E-state index contributed by atoms with van der Waals surface area (Å²) in [6.45, 7) is 2.16. The van der Waals surface area contributed by atoms with Crippen LogP contribution in [-0.2, 0) is 6.42 Å². The molecule has 0 fully saturated rings. The highest BCUT2D eigenvalue weighted by Gasteiger charge is 2.29. The zero-order valence-electron chi connectivity index (χ0n) is 16.3. The van der Waals surface area contributed by atoms with E-state index in [1.54, 1.807) is 0 Å². The first-order chi connectivity index (χ1) is 14.7. The number of hydrogen-bond acceptors (Lipinski definition) is 4. The van der Waals surface area contributed by atoms with E-state index in [9.17, 15) is 0 Å². The molecule has 2 aromatic heterocycles. The maximum absolute atomic E-state index is 6.10. The van der Waals surface area contributed by atoms with Crippen LogP contribution in [0.2, 0.25) is 0 Å². The molecule has 3 heterocycles. The third-order valence-electron chi connectivity index (χ3n) is 5.68. The minimum atomic E-state index is 0.265. The number of benzene rings is 3. The predicted molar refractivity (Wildman–Crippen MR) is 124 cm³/mol. The van der Waals surface area contributed by atoms with Gasteiger partial charge >= 0.3 is 0 Å². The molecule has 0 amide bonds. The van der Waals surface area contributed by atoms with Gasteiger partial charge in [-0.25, -0.2) is 9.97 Å². The fourth-order valence-corrected chi connectivity index (χ4v) is 4.67. The SMILES string of the molecule is C[C@H]1Cc2ccccc2N1C(=S)Oc1ccc2nc3[nH]c4ccccc4c3nc2c1. The summed E-state index contributed by atoms with van der Waals surface area (Å²) in [4.78, 5) is 15.0. The average molecular weight is 411 g/mol. The highest BCUT2D eigenvalue weighted by molar-refractivity contribution is 7.80. The molecule has 0 unspecified atom stereocenters. The molecule has 5 nitrogen and oxygen atoms in total. The van der Waals surface area contributed by atoms with Crippen LogP contribution in [0.15, 0.2) is 66.7 Å². The van der Waals surface area contributed by atoms with Crippen LogP contribution in [0.3, 0.4) is 0 Å². The predicted octanol–water partition coefficient (Wildman–Crippen LogP) is 5.38. The molecule has 1 N–H and O–H groups in total. The largest absolute Gasteiger partial charge is 0.431 e. The van der Waals surface area contributed by atoms with Gasteiger partial charge in [-0.15, -0.1) is 0 Å². The molecule has 0 saturated carbocycles. The van der Waals surface area contributed by atoms with Crippen molar-refractivity contribution in [1.29, 1.82) is 0 Å². The minimum absolute atomic E-state index is 0.265. The molecular weight excluding hydrogens is 392 g/mol. The molecule has 1 atom stereocenters. The van der Waals surface area contributed by atoms with Crippen molar-refractivity contribution in [3.05, 3.63) is 72.3 Å². The van der Waals surface area contributed by atoms with Gasteiger partial charge in [0.25, 0.3) is 5.17 Å². The number of ether oxygens (including phenoxy) is 1. The van der Waals surface area contributed by atoms with Crippen molar-refractivity contribution in [3.8, 4) is 5.75 Å². The van der Waals surface area contributed by atoms with Gasteiger partial charge in [0.05, 0.1) is 11.0 Å². The molecule has 0 aliphatic carbocycles. The second-order valence-corrected chi connectivity index (χ2v) is 8.01. The Bertz CT molecular complexity index is 1460. The number of anilines is 1. The molecule has 5 aromatic rings. The minimum Gasteiger partial charge on any atom is -0.431 e. The summed E-state index contributed by atoms with van der Waals surface area (Å²) in [5.41, 5.74) is 6.69. The Morgan fingerprint density at radius 3 is 2.80 bits per heavy atom. The van der Waals surface area contributed by atoms with Crippen LogP contribution in [0.4, 0.5) is 5.69 Å². The normalized spacial score (nSPS) is 15.8. The van der Waals surface area contributed by atoms with Gasteiger partial charge in [0.2, 0.25) is 0 Å². The third-order valence-corrected chi connectivity index (χ3v) is 5.96. The van der Waals surface area contributed by atoms with E-state index in [4.69, 9.17) is 26.9 Å². The molecule has 1 aliphatic heterocycles. The Morgan fingerprint density at radius 2 is 1.87 bits per heavy atom. The topological polar surface area (TPSA) is 54.0 Å². The number of fused-ring (bicyclic) bond motifs is 5. The monoisotopic (exact) mass is 410 g/mol. The number of H-pyrrole nitrogens is 1. The van der Waals surface area contributed by atoms with E-state index in [2.05, 4.69) is 41.1 Å². The fraction of sp³-hybridized carbons (Fsp3) is 0.125. The van der Waals surface area contributed by atoms with Gasteiger partial charge in [-0.05, 0) is 55.4 Å². The lowest BCUT2D eigenvalue weighted by atomic mass is 10.1. The number of rotatable bonds is 1. The Balaban J connectivity index is 1.37.